The van der Waals surface area contributed by atoms with Gasteiger partial charge in [0.1, 0.15) is 0 Å². The maximum absolute atomic E-state index is 12.3. The Morgan fingerprint density at radius 3 is 2.45 bits per heavy atom. The third-order valence-corrected chi connectivity index (χ3v) is 4.17. The van der Waals surface area contributed by atoms with Crippen molar-refractivity contribution in [3.05, 3.63) is 0 Å². The molecule has 2 fully saturated rings. The van der Waals surface area contributed by atoms with Crippen LogP contribution >= 0.6 is 12.4 Å². The van der Waals surface area contributed by atoms with Gasteiger partial charge in [-0.1, -0.05) is 6.42 Å². The van der Waals surface area contributed by atoms with Crippen molar-refractivity contribution in [2.24, 2.45) is 5.92 Å². The van der Waals surface area contributed by atoms with Crippen molar-refractivity contribution in [1.29, 1.82) is 0 Å². The normalized spacial score (nSPS) is 23.9. The van der Waals surface area contributed by atoms with Gasteiger partial charge in [0.15, 0.2) is 0 Å². The van der Waals surface area contributed by atoms with Crippen molar-refractivity contribution in [3.8, 4) is 0 Å². The summed E-state index contributed by atoms with van der Waals surface area (Å²) in [6.45, 7) is 4.93. The van der Waals surface area contributed by atoms with Gasteiger partial charge in [0.2, 0.25) is 11.8 Å². The maximum Gasteiger partial charge on any atom is 0.239 e. The van der Waals surface area contributed by atoms with Gasteiger partial charge in [-0.25, -0.2) is 0 Å². The van der Waals surface area contributed by atoms with Crippen LogP contribution in [0.4, 0.5) is 0 Å². The van der Waals surface area contributed by atoms with Gasteiger partial charge in [0.25, 0.3) is 0 Å². The molecule has 2 heterocycles. The van der Waals surface area contributed by atoms with Gasteiger partial charge in [-0.15, -0.1) is 12.4 Å². The number of amides is 2. The van der Waals surface area contributed by atoms with Crippen LogP contribution in [0.3, 0.4) is 0 Å². The van der Waals surface area contributed by atoms with E-state index in [1.165, 1.54) is 6.42 Å². The van der Waals surface area contributed by atoms with E-state index in [0.717, 1.165) is 51.9 Å². The molecule has 0 aromatic carbocycles. The first-order valence-electron chi connectivity index (χ1n) is 7.43. The highest BCUT2D eigenvalue weighted by Gasteiger charge is 2.28. The quantitative estimate of drug-likeness (QED) is 0.815. The third kappa shape index (κ3) is 4.94. The van der Waals surface area contributed by atoms with E-state index in [9.17, 15) is 9.59 Å². The summed E-state index contributed by atoms with van der Waals surface area (Å²) in [6.07, 6.45) is 5.31. The summed E-state index contributed by atoms with van der Waals surface area (Å²) >= 11 is 0. The maximum atomic E-state index is 12.3. The molecular weight excluding hydrogens is 278 g/mol. The SMILES string of the molecule is CC(=O)NCC1CCN(C(=O)[C@H]2CCCCN2)CC1.Cl. The standard InChI is InChI=1S/C14H25N3O2.ClH/c1-11(18)16-10-12-5-8-17(9-6-12)14(19)13-4-2-3-7-15-13;/h12-13,15H,2-10H2,1H3,(H,16,18);1H/t13-;/m1./s1. The van der Waals surface area contributed by atoms with E-state index < -0.39 is 0 Å². The average Bonchev–Trinajstić information content (AvgIpc) is 2.46. The zero-order chi connectivity index (χ0) is 13.7. The summed E-state index contributed by atoms with van der Waals surface area (Å²) in [5.74, 6) is 0.829. The van der Waals surface area contributed by atoms with Crippen LogP contribution in [-0.2, 0) is 9.59 Å². The Kier molecular flexibility index (Phi) is 7.30. The van der Waals surface area contributed by atoms with Crippen molar-refractivity contribution >= 4 is 24.2 Å². The van der Waals surface area contributed by atoms with Crippen LogP contribution in [0.1, 0.15) is 39.0 Å². The molecule has 2 aliphatic rings. The van der Waals surface area contributed by atoms with E-state index in [4.69, 9.17) is 0 Å². The molecular formula is C14H26ClN3O2. The minimum atomic E-state index is 0. The highest BCUT2D eigenvalue weighted by Crippen LogP contribution is 2.19. The Balaban J connectivity index is 0.00000200. The molecule has 1 atom stereocenters. The second-order valence-electron chi connectivity index (χ2n) is 5.71. The minimum Gasteiger partial charge on any atom is -0.356 e. The van der Waals surface area contributed by atoms with Gasteiger partial charge in [0.05, 0.1) is 6.04 Å². The molecule has 6 heteroatoms. The van der Waals surface area contributed by atoms with E-state index >= 15 is 0 Å². The van der Waals surface area contributed by atoms with Crippen LogP contribution in [0.15, 0.2) is 0 Å². The number of hydrogen-bond acceptors (Lipinski definition) is 3. The average molecular weight is 304 g/mol. The summed E-state index contributed by atoms with van der Waals surface area (Å²) in [4.78, 5) is 25.2. The highest BCUT2D eigenvalue weighted by molar-refractivity contribution is 5.85. The predicted molar refractivity (Wildman–Crippen MR) is 80.9 cm³/mol. The van der Waals surface area contributed by atoms with Crippen molar-refractivity contribution in [2.75, 3.05) is 26.2 Å². The van der Waals surface area contributed by atoms with E-state index in [2.05, 4.69) is 10.6 Å². The number of carbonyl (C=O) groups is 2. The van der Waals surface area contributed by atoms with E-state index in [-0.39, 0.29) is 30.3 Å². The lowest BCUT2D eigenvalue weighted by molar-refractivity contribution is -0.135. The second-order valence-corrected chi connectivity index (χ2v) is 5.71. The smallest absolute Gasteiger partial charge is 0.239 e. The van der Waals surface area contributed by atoms with Crippen LogP contribution in [0.25, 0.3) is 0 Å². The van der Waals surface area contributed by atoms with Gasteiger partial charge in [-0.3, -0.25) is 9.59 Å². The van der Waals surface area contributed by atoms with Gasteiger partial charge in [-0.2, -0.15) is 0 Å². The first-order valence-corrected chi connectivity index (χ1v) is 7.43. The monoisotopic (exact) mass is 303 g/mol. The van der Waals surface area contributed by atoms with Gasteiger partial charge in [0, 0.05) is 26.6 Å². The van der Waals surface area contributed by atoms with E-state index in [1.54, 1.807) is 6.92 Å². The summed E-state index contributed by atoms with van der Waals surface area (Å²) < 4.78 is 0. The fraction of sp³-hybridized carbons (Fsp3) is 0.857. The predicted octanol–water partition coefficient (Wildman–Crippen LogP) is 0.925. The number of rotatable bonds is 3. The number of hydrogen-bond donors (Lipinski definition) is 2. The molecule has 0 saturated carbocycles. The van der Waals surface area contributed by atoms with E-state index in [0.29, 0.717) is 5.92 Å². The fourth-order valence-electron chi connectivity index (χ4n) is 2.93. The van der Waals surface area contributed by atoms with Crippen LogP contribution in [0.2, 0.25) is 0 Å². The van der Waals surface area contributed by atoms with Crippen molar-refractivity contribution < 1.29 is 9.59 Å². The number of halogens is 1. The Morgan fingerprint density at radius 2 is 1.90 bits per heavy atom. The zero-order valence-electron chi connectivity index (χ0n) is 12.2. The summed E-state index contributed by atoms with van der Waals surface area (Å²) in [6, 6.07) is 0.0423. The first kappa shape index (κ1) is 17.2. The molecule has 2 saturated heterocycles. The molecule has 0 unspecified atom stereocenters. The molecule has 116 valence electrons. The second kappa shape index (κ2) is 8.47. The molecule has 0 aromatic heterocycles. The van der Waals surface area contributed by atoms with Gasteiger partial charge >= 0.3 is 0 Å². The largest absolute Gasteiger partial charge is 0.356 e. The molecule has 0 aliphatic carbocycles. The molecule has 0 bridgehead atoms. The Bertz CT molecular complexity index is 324. The molecule has 0 radical (unpaired) electrons. The molecule has 5 nitrogen and oxygen atoms in total. The van der Waals surface area contributed by atoms with Crippen molar-refractivity contribution in [2.45, 2.75) is 45.1 Å². The topological polar surface area (TPSA) is 61.4 Å². The number of nitrogens with zero attached hydrogens (tertiary/aromatic N) is 1. The Labute approximate surface area is 127 Å². The molecule has 0 aromatic rings. The Morgan fingerprint density at radius 1 is 1.20 bits per heavy atom. The molecule has 20 heavy (non-hydrogen) atoms. The highest BCUT2D eigenvalue weighted by atomic mass is 35.5. The van der Waals surface area contributed by atoms with Crippen LogP contribution in [0.5, 0.6) is 0 Å². The van der Waals surface area contributed by atoms with Crippen LogP contribution in [0, 0.1) is 5.92 Å². The minimum absolute atomic E-state index is 0. The molecule has 2 rings (SSSR count). The number of piperidine rings is 2. The zero-order valence-corrected chi connectivity index (χ0v) is 13.0. The lowest BCUT2D eigenvalue weighted by Gasteiger charge is -2.35. The Hall–Kier alpha value is -0.810. The first-order chi connectivity index (χ1) is 9.16. The number of carbonyl (C=O) groups excluding carboxylic acids is 2. The van der Waals surface area contributed by atoms with Crippen molar-refractivity contribution in [1.82, 2.24) is 15.5 Å². The lowest BCUT2D eigenvalue weighted by Crippen LogP contribution is -2.51. The van der Waals surface area contributed by atoms with Crippen LogP contribution in [-0.4, -0.2) is 48.9 Å². The summed E-state index contributed by atoms with van der Waals surface area (Å²) in [5.41, 5.74) is 0. The van der Waals surface area contributed by atoms with Gasteiger partial charge in [-0.05, 0) is 38.1 Å². The third-order valence-electron chi connectivity index (χ3n) is 4.17. The number of nitrogens with one attached hydrogen (secondary N) is 2. The van der Waals surface area contributed by atoms with E-state index in [1.807, 2.05) is 4.90 Å². The molecule has 2 amide bonds. The summed E-state index contributed by atoms with van der Waals surface area (Å²) in [5, 5.41) is 6.19. The molecule has 2 N–H and O–H groups in total. The van der Waals surface area contributed by atoms with Crippen molar-refractivity contribution in [3.63, 3.8) is 0 Å². The molecule has 0 spiro atoms. The van der Waals surface area contributed by atoms with Crippen LogP contribution < -0.4 is 10.6 Å². The lowest BCUT2D eigenvalue weighted by atomic mass is 9.95. The van der Waals surface area contributed by atoms with Gasteiger partial charge < -0.3 is 15.5 Å². The molecule has 2 aliphatic heterocycles. The summed E-state index contributed by atoms with van der Waals surface area (Å²) in [7, 11) is 0. The number of likely N-dealkylation sites (tertiary alicyclic amines) is 1. The fourth-order valence-corrected chi connectivity index (χ4v) is 2.93.